The van der Waals surface area contributed by atoms with Gasteiger partial charge in [-0.1, -0.05) is 91.0 Å². The SMILES string of the molecule is CSCC[C@@H]1[NH2+][C@]2(C(=O)N(Cc3cccc4ccccc34)c3ccccc32)[C@@H]2C(=O)N(Cc3ccccc3)C(=O)[C@H]12. The number of benzene rings is 4. The van der Waals surface area contributed by atoms with Crippen molar-refractivity contribution >= 4 is 45.9 Å². The van der Waals surface area contributed by atoms with Gasteiger partial charge in [0, 0.05) is 12.0 Å². The number of thioether (sulfide) groups is 1. The largest absolute Gasteiger partial charge is 0.326 e. The monoisotopic (exact) mass is 562 g/mol. The molecule has 6 nitrogen and oxygen atoms in total. The predicted molar refractivity (Wildman–Crippen MR) is 161 cm³/mol. The van der Waals surface area contributed by atoms with Crippen LogP contribution in [0.5, 0.6) is 0 Å². The molecule has 3 heterocycles. The van der Waals surface area contributed by atoms with Crippen LogP contribution in [0.1, 0.15) is 23.1 Å². The van der Waals surface area contributed by atoms with Gasteiger partial charge < -0.3 is 10.2 Å². The van der Waals surface area contributed by atoms with Gasteiger partial charge in [-0.25, -0.2) is 0 Å². The molecule has 206 valence electrons. The molecule has 0 radical (unpaired) electrons. The molecule has 4 atom stereocenters. The molecule has 0 aliphatic carbocycles. The zero-order valence-corrected chi connectivity index (χ0v) is 23.7. The quantitative estimate of drug-likeness (QED) is 0.345. The number of nitrogens with two attached hydrogens (primary N) is 1. The van der Waals surface area contributed by atoms with Gasteiger partial charge >= 0.3 is 0 Å². The fourth-order valence-electron chi connectivity index (χ4n) is 7.37. The molecule has 7 rings (SSSR count). The highest BCUT2D eigenvalue weighted by atomic mass is 32.2. The van der Waals surface area contributed by atoms with Crippen LogP contribution in [0.4, 0.5) is 5.69 Å². The van der Waals surface area contributed by atoms with E-state index in [1.807, 2.05) is 84.0 Å². The van der Waals surface area contributed by atoms with Crippen molar-refractivity contribution in [3.8, 4) is 0 Å². The molecule has 2 saturated heterocycles. The fourth-order valence-corrected chi connectivity index (χ4v) is 7.88. The van der Waals surface area contributed by atoms with Crippen molar-refractivity contribution in [2.75, 3.05) is 16.9 Å². The molecular formula is C34H32N3O3S+. The molecule has 4 aromatic rings. The lowest BCUT2D eigenvalue weighted by atomic mass is 9.76. The lowest BCUT2D eigenvalue weighted by molar-refractivity contribution is -0.733. The van der Waals surface area contributed by atoms with Crippen LogP contribution in [0.25, 0.3) is 10.8 Å². The van der Waals surface area contributed by atoms with Gasteiger partial charge in [0.15, 0.2) is 0 Å². The number of imide groups is 1. The normalized spacial score (nSPS) is 25.0. The Balaban J connectivity index is 1.32. The zero-order chi connectivity index (χ0) is 28.1. The van der Waals surface area contributed by atoms with Gasteiger partial charge in [0.25, 0.3) is 5.91 Å². The van der Waals surface area contributed by atoms with Crippen molar-refractivity contribution in [3.63, 3.8) is 0 Å². The summed E-state index contributed by atoms with van der Waals surface area (Å²) in [4.78, 5) is 46.4. The second-order valence-corrected chi connectivity index (χ2v) is 12.3. The Bertz CT molecular complexity index is 1670. The van der Waals surface area contributed by atoms with Gasteiger partial charge in [0.2, 0.25) is 17.4 Å². The molecule has 41 heavy (non-hydrogen) atoms. The molecule has 3 amide bonds. The number of carbonyl (C=O) groups is 3. The van der Waals surface area contributed by atoms with E-state index in [1.165, 1.54) is 4.90 Å². The number of nitrogens with zero attached hydrogens (tertiary/aromatic N) is 2. The molecule has 0 aromatic heterocycles. The van der Waals surface area contributed by atoms with Crippen LogP contribution in [0, 0.1) is 11.8 Å². The number of amides is 3. The average Bonchev–Trinajstić information content (AvgIpc) is 3.56. The average molecular weight is 563 g/mol. The van der Waals surface area contributed by atoms with Crippen molar-refractivity contribution in [3.05, 3.63) is 114 Å². The molecule has 1 spiro atoms. The summed E-state index contributed by atoms with van der Waals surface area (Å²) in [6, 6.07) is 31.7. The van der Waals surface area contributed by atoms with Gasteiger partial charge in [-0.3, -0.25) is 19.3 Å². The first-order valence-corrected chi connectivity index (χ1v) is 15.6. The summed E-state index contributed by atoms with van der Waals surface area (Å²) in [7, 11) is 0. The van der Waals surface area contributed by atoms with Crippen LogP contribution in [0.15, 0.2) is 97.1 Å². The van der Waals surface area contributed by atoms with Crippen molar-refractivity contribution in [1.29, 1.82) is 0 Å². The van der Waals surface area contributed by atoms with Crippen LogP contribution < -0.4 is 10.2 Å². The number of para-hydroxylation sites is 1. The smallest absolute Gasteiger partial charge is 0.294 e. The van der Waals surface area contributed by atoms with Crippen LogP contribution in [0.2, 0.25) is 0 Å². The number of carbonyl (C=O) groups excluding carboxylic acids is 3. The molecule has 0 bridgehead atoms. The number of rotatable bonds is 7. The zero-order valence-electron chi connectivity index (χ0n) is 22.9. The fraction of sp³-hybridized carbons (Fsp3) is 0.265. The summed E-state index contributed by atoms with van der Waals surface area (Å²) in [5.41, 5.74) is 2.47. The highest BCUT2D eigenvalue weighted by Crippen LogP contribution is 2.52. The summed E-state index contributed by atoms with van der Waals surface area (Å²) in [5.74, 6) is -0.903. The Morgan fingerprint density at radius 2 is 1.51 bits per heavy atom. The minimum absolute atomic E-state index is 0.101. The molecule has 2 N–H and O–H groups in total. The third kappa shape index (κ3) is 3.94. The van der Waals surface area contributed by atoms with Gasteiger partial charge in [-0.05, 0) is 40.0 Å². The van der Waals surface area contributed by atoms with E-state index >= 15 is 0 Å². The van der Waals surface area contributed by atoms with E-state index in [4.69, 9.17) is 0 Å². The summed E-state index contributed by atoms with van der Waals surface area (Å²) < 4.78 is 0. The number of fused-ring (bicyclic) bond motifs is 5. The topological polar surface area (TPSA) is 74.3 Å². The third-order valence-electron chi connectivity index (χ3n) is 9.16. The van der Waals surface area contributed by atoms with Gasteiger partial charge in [0.05, 0.1) is 18.8 Å². The molecule has 4 aromatic carbocycles. The molecule has 0 unspecified atom stereocenters. The lowest BCUT2D eigenvalue weighted by Crippen LogP contribution is -2.99. The van der Waals surface area contributed by atoms with E-state index in [2.05, 4.69) is 29.6 Å². The van der Waals surface area contributed by atoms with Crippen LogP contribution in [0.3, 0.4) is 0 Å². The Morgan fingerprint density at radius 1 is 0.780 bits per heavy atom. The first-order valence-electron chi connectivity index (χ1n) is 14.2. The van der Waals surface area contributed by atoms with Crippen molar-refractivity contribution in [2.45, 2.75) is 31.1 Å². The maximum Gasteiger partial charge on any atom is 0.294 e. The Labute approximate surface area is 243 Å². The minimum atomic E-state index is -1.16. The van der Waals surface area contributed by atoms with E-state index in [1.54, 1.807) is 11.8 Å². The summed E-state index contributed by atoms with van der Waals surface area (Å²) >= 11 is 1.72. The van der Waals surface area contributed by atoms with E-state index < -0.39 is 17.4 Å². The van der Waals surface area contributed by atoms with E-state index in [0.717, 1.165) is 45.3 Å². The number of hydrogen-bond acceptors (Lipinski definition) is 4. The highest BCUT2D eigenvalue weighted by Gasteiger charge is 2.75. The number of quaternary nitrogens is 1. The lowest BCUT2D eigenvalue weighted by Gasteiger charge is -2.28. The third-order valence-corrected chi connectivity index (χ3v) is 9.80. The molecule has 3 aliphatic heterocycles. The minimum Gasteiger partial charge on any atom is -0.326 e. The maximum absolute atomic E-state index is 14.8. The summed E-state index contributed by atoms with van der Waals surface area (Å²) in [5, 5.41) is 4.31. The Kier molecular flexibility index (Phi) is 6.44. The Morgan fingerprint density at radius 3 is 2.34 bits per heavy atom. The molecule has 2 fully saturated rings. The molecular weight excluding hydrogens is 530 g/mol. The van der Waals surface area contributed by atoms with Crippen molar-refractivity contribution in [2.24, 2.45) is 11.8 Å². The Hall–Kier alpha value is -3.94. The molecule has 3 aliphatic rings. The van der Waals surface area contributed by atoms with Crippen LogP contribution >= 0.6 is 11.8 Å². The van der Waals surface area contributed by atoms with E-state index in [-0.39, 0.29) is 30.3 Å². The van der Waals surface area contributed by atoms with Gasteiger partial charge in [-0.2, -0.15) is 11.8 Å². The van der Waals surface area contributed by atoms with Crippen LogP contribution in [-0.2, 0) is 33.0 Å². The van der Waals surface area contributed by atoms with Crippen molar-refractivity contribution in [1.82, 2.24) is 4.90 Å². The molecule has 7 heteroatoms. The summed E-state index contributed by atoms with van der Waals surface area (Å²) in [6.07, 6.45) is 2.80. The second-order valence-electron chi connectivity index (χ2n) is 11.3. The van der Waals surface area contributed by atoms with E-state index in [9.17, 15) is 14.4 Å². The highest BCUT2D eigenvalue weighted by molar-refractivity contribution is 7.98. The number of anilines is 1. The number of likely N-dealkylation sites (tertiary alicyclic amines) is 1. The first kappa shape index (κ1) is 26.0. The molecule has 0 saturated carbocycles. The van der Waals surface area contributed by atoms with Crippen molar-refractivity contribution < 1.29 is 19.7 Å². The number of hydrogen-bond donors (Lipinski definition) is 1. The first-order chi connectivity index (χ1) is 20.0. The van der Waals surface area contributed by atoms with Gasteiger partial charge in [0.1, 0.15) is 17.9 Å². The van der Waals surface area contributed by atoms with Gasteiger partial charge in [-0.15, -0.1) is 0 Å². The van der Waals surface area contributed by atoms with E-state index in [0.29, 0.717) is 6.54 Å². The second kappa shape index (κ2) is 10.2. The maximum atomic E-state index is 14.8. The standard InChI is InChI=1S/C34H31N3O3S/c1-41-19-18-27-29-30(32(39)37(31(29)38)20-22-10-3-2-4-11-22)34(35-27)26-16-7-8-17-28(26)36(33(34)40)21-24-14-9-13-23-12-5-6-15-25(23)24/h2-17,27,29-30,35H,18-21H2,1H3/p+1/t27-,29+,30-,34-/m0/s1. The predicted octanol–water partition coefficient (Wildman–Crippen LogP) is 4.08. The van der Waals surface area contributed by atoms with Crippen LogP contribution in [-0.4, -0.2) is 40.7 Å². The summed E-state index contributed by atoms with van der Waals surface area (Å²) in [6.45, 7) is 0.627.